The highest BCUT2D eigenvalue weighted by Gasteiger charge is 2.19. The Morgan fingerprint density at radius 3 is 2.03 bits per heavy atom. The molecule has 34 heavy (non-hydrogen) atoms. The van der Waals surface area contributed by atoms with Crippen molar-refractivity contribution in [3.63, 3.8) is 0 Å². The Kier molecular flexibility index (Phi) is 7.68. The van der Waals surface area contributed by atoms with Crippen molar-refractivity contribution in [3.05, 3.63) is 76.9 Å². The number of sulfonamides is 1. The molecule has 0 saturated carbocycles. The van der Waals surface area contributed by atoms with Gasteiger partial charge in [-0.1, -0.05) is 23.8 Å². The van der Waals surface area contributed by atoms with Crippen LogP contribution in [0.2, 0.25) is 0 Å². The lowest BCUT2D eigenvalue weighted by Gasteiger charge is -2.15. The van der Waals surface area contributed by atoms with Gasteiger partial charge in [-0.05, 0) is 61.4 Å². The van der Waals surface area contributed by atoms with Crippen LogP contribution in [0.4, 0.5) is 5.69 Å². The summed E-state index contributed by atoms with van der Waals surface area (Å²) >= 11 is 0. The van der Waals surface area contributed by atoms with Crippen molar-refractivity contribution in [3.8, 4) is 17.2 Å². The summed E-state index contributed by atoms with van der Waals surface area (Å²) in [5, 5.41) is 2.82. The van der Waals surface area contributed by atoms with Crippen LogP contribution in [-0.4, -0.2) is 35.7 Å². The molecule has 0 atom stereocenters. The van der Waals surface area contributed by atoms with Gasteiger partial charge < -0.3 is 19.5 Å². The first-order chi connectivity index (χ1) is 16.2. The highest BCUT2D eigenvalue weighted by molar-refractivity contribution is 7.92. The maximum absolute atomic E-state index is 12.9. The predicted molar refractivity (Wildman–Crippen MR) is 130 cm³/mol. The van der Waals surface area contributed by atoms with Gasteiger partial charge in [0.25, 0.3) is 15.9 Å². The molecule has 1 amide bonds. The molecule has 180 valence electrons. The average molecular weight is 485 g/mol. The Morgan fingerprint density at radius 2 is 1.47 bits per heavy atom. The molecule has 0 aliphatic rings. The number of hydrogen-bond acceptors (Lipinski definition) is 6. The monoisotopic (exact) mass is 484 g/mol. The van der Waals surface area contributed by atoms with Gasteiger partial charge in [0.15, 0.2) is 11.5 Å². The normalized spacial score (nSPS) is 11.0. The predicted octanol–water partition coefficient (Wildman–Crippen LogP) is 4.06. The molecule has 0 aliphatic carbocycles. The highest BCUT2D eigenvalue weighted by atomic mass is 32.2. The first kappa shape index (κ1) is 24.9. The Balaban J connectivity index is 1.81. The number of ether oxygens (including phenoxy) is 3. The van der Waals surface area contributed by atoms with Gasteiger partial charge in [-0.3, -0.25) is 9.52 Å². The van der Waals surface area contributed by atoms with Gasteiger partial charge in [0.1, 0.15) is 0 Å². The first-order valence-electron chi connectivity index (χ1n) is 10.5. The third-order valence-electron chi connectivity index (χ3n) is 5.25. The molecule has 3 aromatic carbocycles. The zero-order valence-corrected chi connectivity index (χ0v) is 20.6. The number of benzene rings is 3. The lowest BCUT2D eigenvalue weighted by Crippen LogP contribution is -2.24. The Labute approximate surface area is 199 Å². The molecule has 3 rings (SSSR count). The summed E-state index contributed by atoms with van der Waals surface area (Å²) in [5.41, 5.74) is 3.10. The molecule has 0 bridgehead atoms. The summed E-state index contributed by atoms with van der Waals surface area (Å²) in [6.45, 7) is 3.84. The van der Waals surface area contributed by atoms with Crippen LogP contribution >= 0.6 is 0 Å². The van der Waals surface area contributed by atoms with Crippen molar-refractivity contribution in [2.75, 3.05) is 26.1 Å². The lowest BCUT2D eigenvalue weighted by molar-refractivity contribution is 0.0950. The average Bonchev–Trinajstić information content (AvgIpc) is 2.83. The van der Waals surface area contributed by atoms with Crippen molar-refractivity contribution in [2.45, 2.75) is 25.3 Å². The second kappa shape index (κ2) is 10.5. The summed E-state index contributed by atoms with van der Waals surface area (Å²) in [6, 6.07) is 14.9. The highest BCUT2D eigenvalue weighted by Crippen LogP contribution is 2.38. The molecule has 0 radical (unpaired) electrons. The maximum atomic E-state index is 12.9. The first-order valence-corrected chi connectivity index (χ1v) is 11.9. The summed E-state index contributed by atoms with van der Waals surface area (Å²) in [6.07, 6.45) is 0. The van der Waals surface area contributed by atoms with Crippen LogP contribution in [0.25, 0.3) is 0 Å². The molecular formula is C25H28N2O6S. The molecule has 2 N–H and O–H groups in total. The number of amides is 1. The van der Waals surface area contributed by atoms with E-state index in [9.17, 15) is 13.2 Å². The van der Waals surface area contributed by atoms with E-state index in [-0.39, 0.29) is 17.0 Å². The number of anilines is 1. The lowest BCUT2D eigenvalue weighted by atomic mass is 10.1. The fourth-order valence-corrected chi connectivity index (χ4v) is 4.45. The van der Waals surface area contributed by atoms with Crippen molar-refractivity contribution >= 4 is 21.6 Å². The number of hydrogen-bond donors (Lipinski definition) is 2. The van der Waals surface area contributed by atoms with E-state index in [1.54, 1.807) is 37.3 Å². The van der Waals surface area contributed by atoms with E-state index >= 15 is 0 Å². The zero-order chi connectivity index (χ0) is 24.9. The number of nitrogens with one attached hydrogen (secondary N) is 2. The van der Waals surface area contributed by atoms with E-state index in [1.807, 2.05) is 19.1 Å². The molecule has 8 nitrogen and oxygen atoms in total. The van der Waals surface area contributed by atoms with Crippen LogP contribution in [0.15, 0.2) is 59.5 Å². The van der Waals surface area contributed by atoms with Gasteiger partial charge in [0.05, 0.1) is 26.2 Å². The molecule has 9 heteroatoms. The Bertz CT molecular complexity index is 1260. The molecule has 0 heterocycles. The molecule has 0 aliphatic heterocycles. The molecule has 0 fully saturated rings. The molecule has 0 saturated heterocycles. The number of methoxy groups -OCH3 is 3. The van der Waals surface area contributed by atoms with Crippen molar-refractivity contribution in [1.82, 2.24) is 5.32 Å². The van der Waals surface area contributed by atoms with Gasteiger partial charge in [-0.25, -0.2) is 8.42 Å². The molecular weight excluding hydrogens is 456 g/mol. The number of carbonyl (C=O) groups is 1. The van der Waals surface area contributed by atoms with E-state index < -0.39 is 15.9 Å². The number of rotatable bonds is 9. The fraction of sp³-hybridized carbons (Fsp3) is 0.240. The van der Waals surface area contributed by atoms with E-state index in [0.29, 0.717) is 28.5 Å². The second-order valence-electron chi connectivity index (χ2n) is 7.66. The Hall–Kier alpha value is -3.72. The molecule has 0 unspecified atom stereocenters. The van der Waals surface area contributed by atoms with Crippen molar-refractivity contribution < 1.29 is 27.4 Å². The van der Waals surface area contributed by atoms with Gasteiger partial charge in [-0.2, -0.15) is 0 Å². The SMILES string of the molecule is COc1cc(CNC(=O)c2cc(S(=O)(=O)Nc3ccc(C)cc3)ccc2C)cc(OC)c1OC. The smallest absolute Gasteiger partial charge is 0.261 e. The topological polar surface area (TPSA) is 103 Å². The molecule has 3 aromatic rings. The zero-order valence-electron chi connectivity index (χ0n) is 19.8. The maximum Gasteiger partial charge on any atom is 0.261 e. The van der Waals surface area contributed by atoms with Crippen LogP contribution in [0.3, 0.4) is 0 Å². The molecule has 0 spiro atoms. The van der Waals surface area contributed by atoms with Crippen LogP contribution < -0.4 is 24.2 Å². The van der Waals surface area contributed by atoms with Crippen LogP contribution in [-0.2, 0) is 16.6 Å². The van der Waals surface area contributed by atoms with Gasteiger partial charge >= 0.3 is 0 Å². The van der Waals surface area contributed by atoms with Gasteiger partial charge in [-0.15, -0.1) is 0 Å². The van der Waals surface area contributed by atoms with Crippen molar-refractivity contribution in [2.24, 2.45) is 0 Å². The van der Waals surface area contributed by atoms with Crippen LogP contribution in [0.1, 0.15) is 27.0 Å². The van der Waals surface area contributed by atoms with E-state index in [2.05, 4.69) is 10.0 Å². The van der Waals surface area contributed by atoms with E-state index in [1.165, 1.54) is 33.5 Å². The van der Waals surface area contributed by atoms with Crippen LogP contribution in [0, 0.1) is 13.8 Å². The largest absolute Gasteiger partial charge is 0.493 e. The summed E-state index contributed by atoms with van der Waals surface area (Å²) in [5.74, 6) is 0.989. The third kappa shape index (κ3) is 5.60. The summed E-state index contributed by atoms with van der Waals surface area (Å²) in [4.78, 5) is 12.9. The minimum atomic E-state index is -3.87. The fourth-order valence-electron chi connectivity index (χ4n) is 3.36. The van der Waals surface area contributed by atoms with E-state index in [4.69, 9.17) is 14.2 Å². The van der Waals surface area contributed by atoms with Crippen LogP contribution in [0.5, 0.6) is 17.2 Å². The standard InChI is InChI=1S/C25H28N2O6S/c1-16-6-9-19(10-7-16)27-34(29,30)20-11-8-17(2)21(14-20)25(28)26-15-18-12-22(31-3)24(33-5)23(13-18)32-4/h6-14,27H,15H2,1-5H3,(H,26,28). The number of carbonyl (C=O) groups excluding carboxylic acids is 1. The van der Waals surface area contributed by atoms with Gasteiger partial charge in [0.2, 0.25) is 5.75 Å². The van der Waals surface area contributed by atoms with Gasteiger partial charge in [0, 0.05) is 17.8 Å². The second-order valence-corrected chi connectivity index (χ2v) is 9.35. The molecule has 0 aromatic heterocycles. The summed E-state index contributed by atoms with van der Waals surface area (Å²) < 4.78 is 44.3. The minimum Gasteiger partial charge on any atom is -0.493 e. The summed E-state index contributed by atoms with van der Waals surface area (Å²) in [7, 11) is 0.671. The number of aryl methyl sites for hydroxylation is 2. The Morgan fingerprint density at radius 1 is 0.853 bits per heavy atom. The minimum absolute atomic E-state index is 0.00314. The van der Waals surface area contributed by atoms with Crippen molar-refractivity contribution in [1.29, 1.82) is 0 Å². The third-order valence-corrected chi connectivity index (χ3v) is 6.62. The van der Waals surface area contributed by atoms with E-state index in [0.717, 1.165) is 11.1 Å². The quantitative estimate of drug-likeness (QED) is 0.475.